The molecule has 2 fully saturated rings. The molecule has 8 nitrogen and oxygen atoms in total. The van der Waals surface area contributed by atoms with E-state index in [9.17, 15) is 8.42 Å². The van der Waals surface area contributed by atoms with Gasteiger partial charge in [0.2, 0.25) is 10.0 Å². The van der Waals surface area contributed by atoms with Crippen LogP contribution in [-0.2, 0) is 10.0 Å². The van der Waals surface area contributed by atoms with Gasteiger partial charge in [-0.05, 0) is 32.5 Å². The first kappa shape index (κ1) is 21.0. The number of anilines is 2. The first-order valence-electron chi connectivity index (χ1n) is 10.4. The van der Waals surface area contributed by atoms with Crippen LogP contribution in [0, 0.1) is 13.8 Å². The van der Waals surface area contributed by atoms with E-state index in [4.69, 9.17) is 0 Å². The molecule has 4 rings (SSSR count). The largest absolute Gasteiger partial charge is 0.354 e. The fourth-order valence-electron chi connectivity index (χ4n) is 4.10. The summed E-state index contributed by atoms with van der Waals surface area (Å²) in [4.78, 5) is 16.1. The van der Waals surface area contributed by atoms with Crippen molar-refractivity contribution >= 4 is 21.7 Å². The van der Waals surface area contributed by atoms with E-state index in [1.807, 2.05) is 32.0 Å². The van der Waals surface area contributed by atoms with Gasteiger partial charge in [0.05, 0.1) is 4.90 Å². The molecule has 2 saturated heterocycles. The molecule has 0 spiro atoms. The highest BCUT2D eigenvalue weighted by Gasteiger charge is 2.30. The summed E-state index contributed by atoms with van der Waals surface area (Å²) in [5.74, 6) is 1.81. The number of sulfonamides is 1. The molecule has 30 heavy (non-hydrogen) atoms. The predicted molar refractivity (Wildman–Crippen MR) is 119 cm³/mol. The van der Waals surface area contributed by atoms with Gasteiger partial charge in [0.1, 0.15) is 18.0 Å². The molecule has 0 radical (unpaired) electrons. The molecule has 1 aromatic carbocycles. The van der Waals surface area contributed by atoms with Gasteiger partial charge in [0, 0.05) is 58.4 Å². The highest BCUT2D eigenvalue weighted by Crippen LogP contribution is 2.24. The number of piperazine rings is 2. The van der Waals surface area contributed by atoms with Crippen LogP contribution in [0.15, 0.2) is 35.5 Å². The standard InChI is InChI=1S/C21H30N6O2S/c1-17-4-5-19(18(2)14-17)30(28,29)27-12-10-26(11-13-27)21-15-20(22-16-23-21)25-8-6-24(3)7-9-25/h4-5,14-16H,6-13H2,1-3H3. The van der Waals surface area contributed by atoms with Gasteiger partial charge in [0.25, 0.3) is 0 Å². The summed E-state index contributed by atoms with van der Waals surface area (Å²) in [5.41, 5.74) is 1.86. The van der Waals surface area contributed by atoms with E-state index in [1.54, 1.807) is 16.7 Å². The molecule has 0 aliphatic carbocycles. The van der Waals surface area contributed by atoms with Gasteiger partial charge in [-0.2, -0.15) is 4.31 Å². The van der Waals surface area contributed by atoms with E-state index in [0.717, 1.165) is 48.9 Å². The van der Waals surface area contributed by atoms with E-state index in [-0.39, 0.29) is 0 Å². The van der Waals surface area contributed by atoms with Crippen LogP contribution in [0.4, 0.5) is 11.6 Å². The Morgan fingerprint density at radius 1 is 0.800 bits per heavy atom. The Labute approximate surface area is 179 Å². The average Bonchev–Trinajstić information content (AvgIpc) is 2.74. The van der Waals surface area contributed by atoms with Crippen molar-refractivity contribution in [3.05, 3.63) is 41.7 Å². The van der Waals surface area contributed by atoms with Crippen LogP contribution in [0.3, 0.4) is 0 Å². The van der Waals surface area contributed by atoms with Crippen molar-refractivity contribution < 1.29 is 8.42 Å². The fraction of sp³-hybridized carbons (Fsp3) is 0.524. The smallest absolute Gasteiger partial charge is 0.243 e. The van der Waals surface area contributed by atoms with Crippen molar-refractivity contribution in [3.8, 4) is 0 Å². The minimum absolute atomic E-state index is 0.404. The molecule has 0 saturated carbocycles. The van der Waals surface area contributed by atoms with E-state index < -0.39 is 10.0 Å². The molecular formula is C21H30N6O2S. The van der Waals surface area contributed by atoms with E-state index >= 15 is 0 Å². The van der Waals surface area contributed by atoms with Gasteiger partial charge in [-0.1, -0.05) is 17.7 Å². The quantitative estimate of drug-likeness (QED) is 0.725. The SMILES string of the molecule is Cc1ccc(S(=O)(=O)N2CCN(c3cc(N4CCN(C)CC4)ncn3)CC2)c(C)c1. The van der Waals surface area contributed by atoms with Crippen LogP contribution in [0.5, 0.6) is 0 Å². The summed E-state index contributed by atoms with van der Waals surface area (Å²) in [6, 6.07) is 7.53. The predicted octanol–water partition coefficient (Wildman–Crippen LogP) is 1.36. The number of aromatic nitrogens is 2. The third-order valence-electron chi connectivity index (χ3n) is 5.98. The van der Waals surface area contributed by atoms with Crippen molar-refractivity contribution in [2.75, 3.05) is 69.2 Å². The van der Waals surface area contributed by atoms with Gasteiger partial charge in [-0.25, -0.2) is 18.4 Å². The van der Waals surface area contributed by atoms with Crippen LogP contribution in [-0.4, -0.2) is 87.0 Å². The van der Waals surface area contributed by atoms with Crippen LogP contribution in [0.1, 0.15) is 11.1 Å². The lowest BCUT2D eigenvalue weighted by atomic mass is 10.2. The molecule has 162 valence electrons. The maximum atomic E-state index is 13.1. The van der Waals surface area contributed by atoms with Gasteiger partial charge in [-0.3, -0.25) is 0 Å². The monoisotopic (exact) mass is 430 g/mol. The van der Waals surface area contributed by atoms with Gasteiger partial charge in [0.15, 0.2) is 0 Å². The van der Waals surface area contributed by atoms with Crippen molar-refractivity contribution in [1.82, 2.24) is 19.2 Å². The van der Waals surface area contributed by atoms with Crippen LogP contribution < -0.4 is 9.80 Å². The first-order valence-corrected chi connectivity index (χ1v) is 11.9. The summed E-state index contributed by atoms with van der Waals surface area (Å²) in [6.07, 6.45) is 1.61. The Bertz CT molecular complexity index is 996. The van der Waals surface area contributed by atoms with Gasteiger partial charge in [-0.15, -0.1) is 0 Å². The average molecular weight is 431 g/mol. The Balaban J connectivity index is 1.44. The topological polar surface area (TPSA) is 72.9 Å². The second-order valence-electron chi connectivity index (χ2n) is 8.18. The molecule has 0 amide bonds. The summed E-state index contributed by atoms with van der Waals surface area (Å²) in [5, 5.41) is 0. The molecule has 2 aliphatic rings. The number of aryl methyl sites for hydroxylation is 2. The van der Waals surface area contributed by atoms with Gasteiger partial charge < -0.3 is 14.7 Å². The maximum Gasteiger partial charge on any atom is 0.243 e. The third kappa shape index (κ3) is 4.28. The van der Waals surface area contributed by atoms with E-state index in [2.05, 4.69) is 31.7 Å². The number of benzene rings is 1. The highest BCUT2D eigenvalue weighted by atomic mass is 32.2. The first-order chi connectivity index (χ1) is 14.3. The third-order valence-corrected chi connectivity index (χ3v) is 8.04. The minimum Gasteiger partial charge on any atom is -0.354 e. The van der Waals surface area contributed by atoms with E-state index in [1.165, 1.54) is 0 Å². The lowest BCUT2D eigenvalue weighted by Gasteiger charge is -2.36. The number of nitrogens with zero attached hydrogens (tertiary/aromatic N) is 6. The zero-order valence-electron chi connectivity index (χ0n) is 18.0. The number of hydrogen-bond acceptors (Lipinski definition) is 7. The lowest BCUT2D eigenvalue weighted by molar-refractivity contribution is 0.312. The minimum atomic E-state index is -3.48. The maximum absolute atomic E-state index is 13.1. The van der Waals surface area contributed by atoms with Crippen molar-refractivity contribution in [3.63, 3.8) is 0 Å². The van der Waals surface area contributed by atoms with Crippen LogP contribution in [0.25, 0.3) is 0 Å². The Morgan fingerprint density at radius 2 is 1.37 bits per heavy atom. The van der Waals surface area contributed by atoms with Crippen molar-refractivity contribution in [2.24, 2.45) is 0 Å². The summed E-state index contributed by atoms with van der Waals surface area (Å²) >= 11 is 0. The molecule has 9 heteroatoms. The van der Waals surface area contributed by atoms with Crippen molar-refractivity contribution in [1.29, 1.82) is 0 Å². The molecule has 2 aromatic rings. The summed E-state index contributed by atoms with van der Waals surface area (Å²) in [6.45, 7) is 9.91. The molecule has 0 bridgehead atoms. The Morgan fingerprint density at radius 3 is 1.93 bits per heavy atom. The number of rotatable bonds is 4. The van der Waals surface area contributed by atoms with Crippen molar-refractivity contribution in [2.45, 2.75) is 18.7 Å². The Hall–Kier alpha value is -2.23. The molecule has 1 aromatic heterocycles. The summed E-state index contributed by atoms with van der Waals surface area (Å²) < 4.78 is 27.8. The normalized spacial score (nSPS) is 19.3. The molecule has 3 heterocycles. The number of likely N-dealkylation sites (N-methyl/N-ethyl adjacent to an activating group) is 1. The zero-order valence-corrected chi connectivity index (χ0v) is 18.8. The zero-order chi connectivity index (χ0) is 21.3. The van der Waals surface area contributed by atoms with E-state index in [0.29, 0.717) is 31.1 Å². The Kier molecular flexibility index (Phi) is 5.95. The highest BCUT2D eigenvalue weighted by molar-refractivity contribution is 7.89. The number of hydrogen-bond donors (Lipinski definition) is 0. The molecule has 0 N–H and O–H groups in total. The molecule has 0 atom stereocenters. The van der Waals surface area contributed by atoms with Crippen LogP contribution in [0.2, 0.25) is 0 Å². The van der Waals surface area contributed by atoms with Gasteiger partial charge >= 0.3 is 0 Å². The second kappa shape index (κ2) is 8.49. The molecule has 2 aliphatic heterocycles. The second-order valence-corrected chi connectivity index (χ2v) is 10.1. The van der Waals surface area contributed by atoms with Crippen LogP contribution >= 0.6 is 0 Å². The summed E-state index contributed by atoms with van der Waals surface area (Å²) in [7, 11) is -1.35. The molecule has 0 unspecified atom stereocenters. The fourth-order valence-corrected chi connectivity index (χ4v) is 5.73. The molecular weight excluding hydrogens is 400 g/mol. The lowest BCUT2D eigenvalue weighted by Crippen LogP contribution is -2.49.